The van der Waals surface area contributed by atoms with Crippen LogP contribution >= 0.6 is 23.2 Å². The highest BCUT2D eigenvalue weighted by Crippen LogP contribution is 2.26. The number of rotatable bonds is 9. The summed E-state index contributed by atoms with van der Waals surface area (Å²) in [7, 11) is 0. The fourth-order valence-corrected chi connectivity index (χ4v) is 3.82. The van der Waals surface area contributed by atoms with Crippen molar-refractivity contribution in [2.24, 2.45) is 0 Å². The molecule has 0 saturated heterocycles. The van der Waals surface area contributed by atoms with E-state index in [9.17, 15) is 9.59 Å². The number of halogens is 2. The maximum Gasteiger partial charge on any atom is 0.247 e. The zero-order chi connectivity index (χ0) is 22.9. The first-order chi connectivity index (χ1) is 15.5. The summed E-state index contributed by atoms with van der Waals surface area (Å²) in [5.74, 6) is -0.335. The van der Waals surface area contributed by atoms with Crippen molar-refractivity contribution in [2.45, 2.75) is 38.9 Å². The van der Waals surface area contributed by atoms with Gasteiger partial charge in [0.1, 0.15) is 6.04 Å². The fourth-order valence-electron chi connectivity index (χ4n) is 3.50. The first kappa shape index (κ1) is 23.8. The number of benzene rings is 3. The van der Waals surface area contributed by atoms with Crippen molar-refractivity contribution >= 4 is 35.0 Å². The minimum atomic E-state index is -0.770. The van der Waals surface area contributed by atoms with Crippen LogP contribution < -0.4 is 5.32 Å². The Kier molecular flexibility index (Phi) is 8.72. The van der Waals surface area contributed by atoms with Crippen LogP contribution in [-0.2, 0) is 22.7 Å². The Balaban J connectivity index is 1.92. The molecule has 1 atom stereocenters. The molecule has 0 aliphatic rings. The van der Waals surface area contributed by atoms with E-state index in [1.165, 1.54) is 0 Å². The lowest BCUT2D eigenvalue weighted by molar-refractivity contribution is -0.141. The van der Waals surface area contributed by atoms with Gasteiger partial charge in [0.2, 0.25) is 11.8 Å². The number of carbonyl (C=O) groups is 2. The van der Waals surface area contributed by atoms with E-state index in [1.807, 2.05) is 67.6 Å². The van der Waals surface area contributed by atoms with Crippen LogP contribution in [0.15, 0.2) is 78.9 Å². The molecule has 3 aromatic rings. The summed E-state index contributed by atoms with van der Waals surface area (Å²) in [4.78, 5) is 28.3. The average Bonchev–Trinajstić information content (AvgIpc) is 2.80. The van der Waals surface area contributed by atoms with E-state index < -0.39 is 6.04 Å². The number of nitrogens with one attached hydrogen (secondary N) is 1. The molecule has 0 aliphatic heterocycles. The van der Waals surface area contributed by atoms with Gasteiger partial charge in [-0.3, -0.25) is 9.59 Å². The minimum Gasteiger partial charge on any atom is -0.350 e. The zero-order valence-corrected chi connectivity index (χ0v) is 19.4. The summed E-state index contributed by atoms with van der Waals surface area (Å²) in [6, 6.07) is 23.3. The summed E-state index contributed by atoms with van der Waals surface area (Å²) in [5.41, 5.74) is 2.47. The van der Waals surface area contributed by atoms with E-state index in [2.05, 4.69) is 5.32 Å². The standard InChI is InChI=1S/C26H26Cl2N2O2/c1-2-8-24(31)30(18-19-13-15-22(27)16-14-19)25(20-9-4-3-5-10-20)26(32)29-17-21-11-6-7-12-23(21)28/h3-7,9-16,25H,2,8,17-18H2,1H3,(H,29,32). The molecule has 3 rings (SSSR count). The van der Waals surface area contributed by atoms with Gasteiger partial charge < -0.3 is 10.2 Å². The molecule has 2 amide bonds. The van der Waals surface area contributed by atoms with Crippen LogP contribution in [0, 0.1) is 0 Å². The smallest absolute Gasteiger partial charge is 0.247 e. The van der Waals surface area contributed by atoms with E-state index in [-0.39, 0.29) is 18.4 Å². The van der Waals surface area contributed by atoms with Crippen molar-refractivity contribution in [1.82, 2.24) is 10.2 Å². The molecule has 6 heteroatoms. The first-order valence-corrected chi connectivity index (χ1v) is 11.3. The molecule has 0 bridgehead atoms. The van der Waals surface area contributed by atoms with Crippen LogP contribution in [0.5, 0.6) is 0 Å². The van der Waals surface area contributed by atoms with Gasteiger partial charge in [-0.2, -0.15) is 0 Å². The molecule has 0 aliphatic carbocycles. The van der Waals surface area contributed by atoms with Crippen LogP contribution in [0.2, 0.25) is 10.0 Å². The summed E-state index contributed by atoms with van der Waals surface area (Å²) in [6.07, 6.45) is 1.05. The molecule has 0 saturated carbocycles. The predicted octanol–water partition coefficient (Wildman–Crippen LogP) is 6.18. The number of amides is 2. The van der Waals surface area contributed by atoms with Crippen molar-refractivity contribution in [3.05, 3.63) is 106 Å². The van der Waals surface area contributed by atoms with E-state index in [4.69, 9.17) is 23.2 Å². The second kappa shape index (κ2) is 11.7. The number of hydrogen-bond donors (Lipinski definition) is 1. The zero-order valence-electron chi connectivity index (χ0n) is 17.9. The van der Waals surface area contributed by atoms with Crippen molar-refractivity contribution < 1.29 is 9.59 Å². The van der Waals surface area contributed by atoms with Crippen molar-refractivity contribution in [3.8, 4) is 0 Å². The molecule has 0 spiro atoms. The lowest BCUT2D eigenvalue weighted by atomic mass is 10.0. The first-order valence-electron chi connectivity index (χ1n) is 10.6. The third kappa shape index (κ3) is 6.35. The maximum absolute atomic E-state index is 13.5. The van der Waals surface area contributed by atoms with Crippen LogP contribution in [-0.4, -0.2) is 16.7 Å². The Morgan fingerprint density at radius 3 is 2.22 bits per heavy atom. The second-order valence-corrected chi connectivity index (χ2v) is 8.36. The molecule has 0 heterocycles. The van der Waals surface area contributed by atoms with E-state index in [0.717, 1.165) is 16.7 Å². The Morgan fingerprint density at radius 2 is 1.56 bits per heavy atom. The normalized spacial score (nSPS) is 11.6. The third-order valence-electron chi connectivity index (χ3n) is 5.14. The number of nitrogens with zero attached hydrogens (tertiary/aromatic N) is 1. The molecular formula is C26H26Cl2N2O2. The topological polar surface area (TPSA) is 49.4 Å². The molecule has 4 nitrogen and oxygen atoms in total. The Morgan fingerprint density at radius 1 is 0.906 bits per heavy atom. The van der Waals surface area contributed by atoms with Crippen molar-refractivity contribution in [1.29, 1.82) is 0 Å². The van der Waals surface area contributed by atoms with E-state index in [1.54, 1.807) is 23.1 Å². The van der Waals surface area contributed by atoms with Gasteiger partial charge in [0.25, 0.3) is 0 Å². The lowest BCUT2D eigenvalue weighted by Crippen LogP contribution is -2.43. The summed E-state index contributed by atoms with van der Waals surface area (Å²) >= 11 is 12.3. The van der Waals surface area contributed by atoms with Gasteiger partial charge in [-0.15, -0.1) is 0 Å². The summed E-state index contributed by atoms with van der Waals surface area (Å²) in [6.45, 7) is 2.53. The summed E-state index contributed by atoms with van der Waals surface area (Å²) in [5, 5.41) is 4.18. The molecular weight excluding hydrogens is 443 g/mol. The Labute approximate surface area is 199 Å². The largest absolute Gasteiger partial charge is 0.350 e. The molecule has 166 valence electrons. The molecule has 0 radical (unpaired) electrons. The van der Waals surface area contributed by atoms with E-state index >= 15 is 0 Å². The SMILES string of the molecule is CCCC(=O)N(Cc1ccc(Cl)cc1)C(C(=O)NCc1ccccc1Cl)c1ccccc1. The Hall–Kier alpha value is -2.82. The number of carbonyl (C=O) groups excluding carboxylic acids is 2. The second-order valence-electron chi connectivity index (χ2n) is 7.52. The van der Waals surface area contributed by atoms with Gasteiger partial charge in [-0.05, 0) is 41.3 Å². The quantitative estimate of drug-likeness (QED) is 0.407. The highest BCUT2D eigenvalue weighted by molar-refractivity contribution is 6.31. The van der Waals surface area contributed by atoms with Gasteiger partial charge in [-0.1, -0.05) is 90.8 Å². The van der Waals surface area contributed by atoms with Gasteiger partial charge >= 0.3 is 0 Å². The van der Waals surface area contributed by atoms with Crippen LogP contribution in [0.3, 0.4) is 0 Å². The van der Waals surface area contributed by atoms with Crippen LogP contribution in [0.25, 0.3) is 0 Å². The predicted molar refractivity (Wildman–Crippen MR) is 129 cm³/mol. The molecule has 32 heavy (non-hydrogen) atoms. The Bertz CT molecular complexity index is 1040. The monoisotopic (exact) mass is 468 g/mol. The van der Waals surface area contributed by atoms with Gasteiger partial charge in [0, 0.05) is 29.6 Å². The molecule has 1 unspecified atom stereocenters. The van der Waals surface area contributed by atoms with Crippen LogP contribution in [0.1, 0.15) is 42.5 Å². The highest BCUT2D eigenvalue weighted by atomic mass is 35.5. The average molecular weight is 469 g/mol. The fraction of sp³-hybridized carbons (Fsp3) is 0.231. The molecule has 0 aromatic heterocycles. The molecule has 3 aromatic carbocycles. The van der Waals surface area contributed by atoms with Crippen LogP contribution in [0.4, 0.5) is 0 Å². The molecule has 0 fully saturated rings. The highest BCUT2D eigenvalue weighted by Gasteiger charge is 2.31. The minimum absolute atomic E-state index is 0.0794. The van der Waals surface area contributed by atoms with Gasteiger partial charge in [0.05, 0.1) is 0 Å². The number of hydrogen-bond acceptors (Lipinski definition) is 2. The van der Waals surface area contributed by atoms with Crippen molar-refractivity contribution in [2.75, 3.05) is 0 Å². The van der Waals surface area contributed by atoms with Gasteiger partial charge in [-0.25, -0.2) is 0 Å². The molecule has 1 N–H and O–H groups in total. The van der Waals surface area contributed by atoms with Crippen molar-refractivity contribution in [3.63, 3.8) is 0 Å². The van der Waals surface area contributed by atoms with Gasteiger partial charge in [0.15, 0.2) is 0 Å². The lowest BCUT2D eigenvalue weighted by Gasteiger charge is -2.31. The van der Waals surface area contributed by atoms with E-state index in [0.29, 0.717) is 29.4 Å². The summed E-state index contributed by atoms with van der Waals surface area (Å²) < 4.78 is 0. The third-order valence-corrected chi connectivity index (χ3v) is 5.76. The maximum atomic E-state index is 13.5.